The Balaban J connectivity index is 2.50. The lowest BCUT2D eigenvalue weighted by atomic mass is 9.98. The molecule has 24 heavy (non-hydrogen) atoms. The van der Waals surface area contributed by atoms with Gasteiger partial charge < -0.3 is 15.7 Å². The quantitative estimate of drug-likeness (QED) is 0.707. The van der Waals surface area contributed by atoms with Crippen LogP contribution in [0.3, 0.4) is 0 Å². The van der Waals surface area contributed by atoms with Gasteiger partial charge in [0.1, 0.15) is 0 Å². The van der Waals surface area contributed by atoms with E-state index in [-0.39, 0.29) is 18.7 Å². The molecule has 0 aliphatic rings. The molecular formula is C16H21F3N2O3. The summed E-state index contributed by atoms with van der Waals surface area (Å²) in [5, 5.41) is 14.9. The third-order valence-corrected chi connectivity index (χ3v) is 3.81. The standard InChI is InChI=1S/C16H21F3N2O3/c1-3-15(24,4-2)10-21-13(22)9-20-14(23)11-5-7-12(8-6-11)16(17,18)19/h5-8,24H,3-4,9-10H2,1-2H3,(H,20,23)(H,21,22). The van der Waals surface area contributed by atoms with E-state index in [1.54, 1.807) is 13.8 Å². The van der Waals surface area contributed by atoms with Gasteiger partial charge in [0.15, 0.2) is 0 Å². The monoisotopic (exact) mass is 346 g/mol. The Morgan fingerprint density at radius 3 is 2.04 bits per heavy atom. The number of amides is 2. The molecule has 0 aromatic heterocycles. The fourth-order valence-electron chi connectivity index (χ4n) is 1.90. The molecule has 3 N–H and O–H groups in total. The summed E-state index contributed by atoms with van der Waals surface area (Å²) in [6.45, 7) is 3.32. The highest BCUT2D eigenvalue weighted by Crippen LogP contribution is 2.29. The molecule has 0 heterocycles. The number of hydrogen-bond acceptors (Lipinski definition) is 3. The number of halogens is 3. The van der Waals surface area contributed by atoms with Crippen molar-refractivity contribution in [1.29, 1.82) is 0 Å². The zero-order chi connectivity index (χ0) is 18.4. The largest absolute Gasteiger partial charge is 0.416 e. The Bertz CT molecular complexity index is 567. The summed E-state index contributed by atoms with van der Waals surface area (Å²) in [6.07, 6.45) is -3.52. The predicted octanol–water partition coefficient (Wildman–Crippen LogP) is 2.10. The fraction of sp³-hybridized carbons (Fsp3) is 0.500. The van der Waals surface area contributed by atoms with Gasteiger partial charge in [0.05, 0.1) is 17.7 Å². The van der Waals surface area contributed by atoms with E-state index in [0.29, 0.717) is 12.8 Å². The topological polar surface area (TPSA) is 78.4 Å². The first-order valence-electron chi connectivity index (χ1n) is 7.56. The van der Waals surface area contributed by atoms with Gasteiger partial charge in [0.2, 0.25) is 5.91 Å². The van der Waals surface area contributed by atoms with Crippen molar-refractivity contribution < 1.29 is 27.9 Å². The lowest BCUT2D eigenvalue weighted by molar-refractivity contribution is -0.137. The molecule has 0 unspecified atom stereocenters. The van der Waals surface area contributed by atoms with Crippen LogP contribution in [0.4, 0.5) is 13.2 Å². The third kappa shape index (κ3) is 5.84. The molecular weight excluding hydrogens is 325 g/mol. The van der Waals surface area contributed by atoms with Gasteiger partial charge in [-0.3, -0.25) is 9.59 Å². The second kappa shape index (κ2) is 8.14. The van der Waals surface area contributed by atoms with Crippen molar-refractivity contribution in [3.63, 3.8) is 0 Å². The third-order valence-electron chi connectivity index (χ3n) is 3.81. The van der Waals surface area contributed by atoms with Crippen molar-refractivity contribution in [3.8, 4) is 0 Å². The Morgan fingerprint density at radius 1 is 1.04 bits per heavy atom. The molecule has 0 fully saturated rings. The van der Waals surface area contributed by atoms with Gasteiger partial charge in [0, 0.05) is 12.1 Å². The Hall–Kier alpha value is -2.09. The Labute approximate surface area is 138 Å². The minimum absolute atomic E-state index is 0.0226. The van der Waals surface area contributed by atoms with Gasteiger partial charge in [0.25, 0.3) is 5.91 Å². The minimum atomic E-state index is -4.47. The molecule has 2 amide bonds. The zero-order valence-electron chi connectivity index (χ0n) is 13.5. The van der Waals surface area contributed by atoms with E-state index in [0.717, 1.165) is 24.3 Å². The van der Waals surface area contributed by atoms with Crippen molar-refractivity contribution in [3.05, 3.63) is 35.4 Å². The van der Waals surface area contributed by atoms with Gasteiger partial charge in [-0.25, -0.2) is 0 Å². The highest BCUT2D eigenvalue weighted by molar-refractivity contribution is 5.96. The maximum absolute atomic E-state index is 12.4. The number of benzene rings is 1. The number of aliphatic hydroxyl groups is 1. The van der Waals surface area contributed by atoms with Gasteiger partial charge in [-0.15, -0.1) is 0 Å². The second-order valence-corrected chi connectivity index (χ2v) is 5.47. The molecule has 8 heteroatoms. The number of alkyl halides is 3. The number of hydrogen-bond donors (Lipinski definition) is 3. The molecule has 0 saturated heterocycles. The normalized spacial score (nSPS) is 11.9. The van der Waals surface area contributed by atoms with E-state index >= 15 is 0 Å². The second-order valence-electron chi connectivity index (χ2n) is 5.47. The zero-order valence-corrected chi connectivity index (χ0v) is 13.5. The molecule has 1 rings (SSSR count). The van der Waals surface area contributed by atoms with Crippen molar-refractivity contribution in [2.24, 2.45) is 0 Å². The summed E-state index contributed by atoms with van der Waals surface area (Å²) >= 11 is 0. The van der Waals surface area contributed by atoms with E-state index in [1.807, 2.05) is 0 Å². The van der Waals surface area contributed by atoms with Crippen LogP contribution in [0.1, 0.15) is 42.6 Å². The van der Waals surface area contributed by atoms with Gasteiger partial charge >= 0.3 is 6.18 Å². The van der Waals surface area contributed by atoms with Crippen LogP contribution in [-0.2, 0) is 11.0 Å². The van der Waals surface area contributed by atoms with Crippen molar-refractivity contribution in [1.82, 2.24) is 10.6 Å². The lowest BCUT2D eigenvalue weighted by Crippen LogP contribution is -2.45. The molecule has 1 aromatic carbocycles. The molecule has 5 nitrogen and oxygen atoms in total. The summed E-state index contributed by atoms with van der Waals surface area (Å²) < 4.78 is 37.3. The average Bonchev–Trinajstić information content (AvgIpc) is 2.56. The Morgan fingerprint density at radius 2 is 1.58 bits per heavy atom. The van der Waals surface area contributed by atoms with E-state index in [2.05, 4.69) is 10.6 Å². The number of carbonyl (C=O) groups is 2. The van der Waals surface area contributed by atoms with Crippen molar-refractivity contribution in [2.75, 3.05) is 13.1 Å². The van der Waals surface area contributed by atoms with Crippen LogP contribution in [0.25, 0.3) is 0 Å². The molecule has 1 aromatic rings. The van der Waals surface area contributed by atoms with Gasteiger partial charge in [-0.2, -0.15) is 13.2 Å². The average molecular weight is 346 g/mol. The summed E-state index contributed by atoms with van der Waals surface area (Å²) in [5.74, 6) is -1.14. The highest BCUT2D eigenvalue weighted by Gasteiger charge is 2.30. The van der Waals surface area contributed by atoms with Crippen LogP contribution >= 0.6 is 0 Å². The van der Waals surface area contributed by atoms with E-state index < -0.39 is 29.2 Å². The SMILES string of the molecule is CCC(O)(CC)CNC(=O)CNC(=O)c1ccc(C(F)(F)F)cc1. The highest BCUT2D eigenvalue weighted by atomic mass is 19.4. The van der Waals surface area contributed by atoms with Crippen LogP contribution < -0.4 is 10.6 Å². The first kappa shape index (κ1) is 20.0. The summed E-state index contributed by atoms with van der Waals surface area (Å²) in [6, 6.07) is 3.70. The fourth-order valence-corrected chi connectivity index (χ4v) is 1.90. The maximum Gasteiger partial charge on any atom is 0.416 e. The number of rotatable bonds is 7. The van der Waals surface area contributed by atoms with Crippen LogP contribution in [0.2, 0.25) is 0 Å². The summed E-state index contributed by atoms with van der Waals surface area (Å²) in [7, 11) is 0. The molecule has 0 saturated carbocycles. The molecule has 0 spiro atoms. The maximum atomic E-state index is 12.4. The molecule has 0 bridgehead atoms. The number of carbonyl (C=O) groups excluding carboxylic acids is 2. The van der Waals surface area contributed by atoms with Gasteiger partial charge in [-0.05, 0) is 37.1 Å². The molecule has 0 aliphatic heterocycles. The van der Waals surface area contributed by atoms with E-state index in [1.165, 1.54) is 0 Å². The predicted molar refractivity (Wildman–Crippen MR) is 82.3 cm³/mol. The van der Waals surface area contributed by atoms with Crippen molar-refractivity contribution >= 4 is 11.8 Å². The van der Waals surface area contributed by atoms with E-state index in [9.17, 15) is 27.9 Å². The van der Waals surface area contributed by atoms with Gasteiger partial charge in [-0.1, -0.05) is 13.8 Å². The summed E-state index contributed by atoms with van der Waals surface area (Å²) in [5.41, 5.74) is -1.82. The van der Waals surface area contributed by atoms with E-state index in [4.69, 9.17) is 0 Å². The lowest BCUT2D eigenvalue weighted by Gasteiger charge is -2.25. The smallest absolute Gasteiger partial charge is 0.388 e. The van der Waals surface area contributed by atoms with Crippen LogP contribution in [-0.4, -0.2) is 35.6 Å². The minimum Gasteiger partial charge on any atom is -0.388 e. The van der Waals surface area contributed by atoms with Crippen LogP contribution in [0.15, 0.2) is 24.3 Å². The molecule has 0 atom stereocenters. The van der Waals surface area contributed by atoms with Crippen molar-refractivity contribution in [2.45, 2.75) is 38.5 Å². The van der Waals surface area contributed by atoms with Crippen LogP contribution in [0, 0.1) is 0 Å². The molecule has 134 valence electrons. The number of nitrogens with one attached hydrogen (secondary N) is 2. The first-order valence-corrected chi connectivity index (χ1v) is 7.56. The van der Waals surface area contributed by atoms with Crippen LogP contribution in [0.5, 0.6) is 0 Å². The Kier molecular flexibility index (Phi) is 6.77. The molecule has 0 radical (unpaired) electrons. The summed E-state index contributed by atoms with van der Waals surface area (Å²) in [4.78, 5) is 23.5. The molecule has 0 aliphatic carbocycles. The first-order chi connectivity index (χ1) is 11.1.